The standard InChI is InChI=1S/C9H14N2S/c1-6(2)9(10)7-3-4-8(12)11-5-7/h3-6,9H,10H2,1-2H3,(H,11,12). The van der Waals surface area contributed by atoms with Gasteiger partial charge in [0.05, 0.1) is 0 Å². The number of aromatic amines is 1. The molecule has 0 aliphatic heterocycles. The van der Waals surface area contributed by atoms with Gasteiger partial charge in [-0.1, -0.05) is 32.1 Å². The molecule has 1 aromatic rings. The number of rotatable bonds is 2. The molecule has 0 radical (unpaired) electrons. The van der Waals surface area contributed by atoms with Crippen LogP contribution in [0.5, 0.6) is 0 Å². The highest BCUT2D eigenvalue weighted by Crippen LogP contribution is 2.16. The van der Waals surface area contributed by atoms with Crippen LogP contribution in [-0.4, -0.2) is 4.98 Å². The van der Waals surface area contributed by atoms with E-state index < -0.39 is 0 Å². The van der Waals surface area contributed by atoms with Crippen LogP contribution in [0.25, 0.3) is 0 Å². The van der Waals surface area contributed by atoms with Crippen LogP contribution in [0.2, 0.25) is 0 Å². The summed E-state index contributed by atoms with van der Waals surface area (Å²) in [5, 5.41) is 0. The van der Waals surface area contributed by atoms with Crippen molar-refractivity contribution in [3.63, 3.8) is 0 Å². The van der Waals surface area contributed by atoms with Gasteiger partial charge >= 0.3 is 0 Å². The number of hydrogen-bond donors (Lipinski definition) is 2. The third-order valence-corrected chi connectivity index (χ3v) is 2.17. The van der Waals surface area contributed by atoms with Crippen LogP contribution >= 0.6 is 12.2 Å². The Balaban J connectivity index is 2.89. The summed E-state index contributed by atoms with van der Waals surface area (Å²) in [6.07, 6.45) is 1.88. The number of H-pyrrole nitrogens is 1. The predicted molar refractivity (Wildman–Crippen MR) is 53.4 cm³/mol. The summed E-state index contributed by atoms with van der Waals surface area (Å²) in [6, 6.07) is 3.94. The fourth-order valence-electron chi connectivity index (χ4n) is 1.01. The second-order valence-electron chi connectivity index (χ2n) is 3.26. The van der Waals surface area contributed by atoms with Gasteiger partial charge in [-0.2, -0.15) is 0 Å². The van der Waals surface area contributed by atoms with Crippen LogP contribution in [-0.2, 0) is 0 Å². The number of hydrogen-bond acceptors (Lipinski definition) is 2. The van der Waals surface area contributed by atoms with E-state index in [1.807, 2.05) is 18.3 Å². The Labute approximate surface area is 77.8 Å². The second-order valence-corrected chi connectivity index (χ2v) is 3.70. The molecule has 1 aromatic heterocycles. The molecular formula is C9H14N2S. The maximum atomic E-state index is 5.93. The van der Waals surface area contributed by atoms with Crippen molar-refractivity contribution >= 4 is 12.2 Å². The Morgan fingerprint density at radius 2 is 2.08 bits per heavy atom. The Morgan fingerprint density at radius 3 is 2.50 bits per heavy atom. The van der Waals surface area contributed by atoms with Gasteiger partial charge in [0.2, 0.25) is 0 Å². The van der Waals surface area contributed by atoms with E-state index in [9.17, 15) is 0 Å². The van der Waals surface area contributed by atoms with Crippen molar-refractivity contribution in [2.45, 2.75) is 19.9 Å². The summed E-state index contributed by atoms with van der Waals surface area (Å²) >= 11 is 4.93. The van der Waals surface area contributed by atoms with Gasteiger partial charge in [-0.3, -0.25) is 0 Å². The Hall–Kier alpha value is -0.670. The molecule has 0 fully saturated rings. The van der Waals surface area contributed by atoms with Crippen molar-refractivity contribution < 1.29 is 0 Å². The van der Waals surface area contributed by atoms with E-state index in [0.717, 1.165) is 10.2 Å². The van der Waals surface area contributed by atoms with Crippen molar-refractivity contribution in [3.05, 3.63) is 28.5 Å². The molecule has 1 rings (SSSR count). The van der Waals surface area contributed by atoms with Crippen LogP contribution < -0.4 is 5.73 Å². The van der Waals surface area contributed by atoms with E-state index >= 15 is 0 Å². The summed E-state index contributed by atoms with van der Waals surface area (Å²) in [7, 11) is 0. The Kier molecular flexibility index (Phi) is 3.00. The van der Waals surface area contributed by atoms with Crippen molar-refractivity contribution in [1.82, 2.24) is 4.98 Å². The molecule has 1 atom stereocenters. The van der Waals surface area contributed by atoms with E-state index in [0.29, 0.717) is 5.92 Å². The van der Waals surface area contributed by atoms with Gasteiger partial charge in [0, 0.05) is 12.2 Å². The highest BCUT2D eigenvalue weighted by atomic mass is 32.1. The van der Waals surface area contributed by atoms with Crippen LogP contribution in [0.3, 0.4) is 0 Å². The quantitative estimate of drug-likeness (QED) is 0.690. The second kappa shape index (κ2) is 3.83. The smallest absolute Gasteiger partial charge is 0.103 e. The first-order chi connectivity index (χ1) is 5.61. The molecule has 0 spiro atoms. The van der Waals surface area contributed by atoms with Crippen LogP contribution in [0.4, 0.5) is 0 Å². The summed E-state index contributed by atoms with van der Waals surface area (Å²) in [6.45, 7) is 4.21. The first kappa shape index (κ1) is 9.42. The zero-order valence-corrected chi connectivity index (χ0v) is 8.19. The zero-order valence-electron chi connectivity index (χ0n) is 7.37. The average molecular weight is 182 g/mol. The van der Waals surface area contributed by atoms with Crippen LogP contribution in [0.1, 0.15) is 25.5 Å². The van der Waals surface area contributed by atoms with Crippen LogP contribution in [0.15, 0.2) is 18.3 Å². The molecule has 1 heterocycles. The molecule has 12 heavy (non-hydrogen) atoms. The van der Waals surface area contributed by atoms with E-state index in [1.165, 1.54) is 0 Å². The van der Waals surface area contributed by atoms with Crippen molar-refractivity contribution in [1.29, 1.82) is 0 Å². The lowest BCUT2D eigenvalue weighted by molar-refractivity contribution is 0.513. The summed E-state index contributed by atoms with van der Waals surface area (Å²) in [5.74, 6) is 0.453. The molecular weight excluding hydrogens is 168 g/mol. The van der Waals surface area contributed by atoms with Gasteiger partial charge in [0.1, 0.15) is 4.64 Å². The molecule has 1 unspecified atom stereocenters. The summed E-state index contributed by atoms with van der Waals surface area (Å²) < 4.78 is 0.745. The number of pyridine rings is 1. The van der Waals surface area contributed by atoms with E-state index in [2.05, 4.69) is 18.8 Å². The first-order valence-corrected chi connectivity index (χ1v) is 4.46. The third-order valence-electron chi connectivity index (χ3n) is 1.91. The predicted octanol–water partition coefficient (Wildman–Crippen LogP) is 2.40. The molecule has 0 aliphatic rings. The van der Waals surface area contributed by atoms with Gasteiger partial charge < -0.3 is 10.7 Å². The number of nitrogens with one attached hydrogen (secondary N) is 1. The lowest BCUT2D eigenvalue weighted by Gasteiger charge is -2.15. The first-order valence-electron chi connectivity index (χ1n) is 4.05. The maximum Gasteiger partial charge on any atom is 0.103 e. The van der Waals surface area contributed by atoms with Gasteiger partial charge in [0.25, 0.3) is 0 Å². The molecule has 0 aromatic carbocycles. The minimum Gasteiger partial charge on any atom is -0.353 e. The SMILES string of the molecule is CC(C)C(N)c1ccc(=S)[nH]c1. The lowest BCUT2D eigenvalue weighted by atomic mass is 9.99. The van der Waals surface area contributed by atoms with E-state index in [4.69, 9.17) is 18.0 Å². The monoisotopic (exact) mass is 182 g/mol. The number of aromatic nitrogens is 1. The van der Waals surface area contributed by atoms with E-state index in [-0.39, 0.29) is 6.04 Å². The zero-order chi connectivity index (χ0) is 9.14. The molecule has 3 heteroatoms. The topological polar surface area (TPSA) is 41.8 Å². The van der Waals surface area contributed by atoms with Gasteiger partial charge in [0.15, 0.2) is 0 Å². The molecule has 0 saturated heterocycles. The highest BCUT2D eigenvalue weighted by Gasteiger charge is 2.08. The number of nitrogens with two attached hydrogens (primary N) is 1. The van der Waals surface area contributed by atoms with Crippen LogP contribution in [0, 0.1) is 10.6 Å². The molecule has 0 aliphatic carbocycles. The summed E-state index contributed by atoms with van der Waals surface area (Å²) in [4.78, 5) is 2.97. The van der Waals surface area contributed by atoms with E-state index in [1.54, 1.807) is 0 Å². The molecule has 0 bridgehead atoms. The fraction of sp³-hybridized carbons (Fsp3) is 0.444. The van der Waals surface area contributed by atoms with Gasteiger partial charge in [-0.05, 0) is 17.5 Å². The fourth-order valence-corrected chi connectivity index (χ4v) is 1.14. The average Bonchev–Trinajstić information content (AvgIpc) is 2.04. The molecule has 2 nitrogen and oxygen atoms in total. The normalized spacial score (nSPS) is 13.3. The van der Waals surface area contributed by atoms with Gasteiger partial charge in [-0.25, -0.2) is 0 Å². The van der Waals surface area contributed by atoms with Crippen molar-refractivity contribution in [2.24, 2.45) is 11.7 Å². The Bertz CT molecular complexity index is 283. The maximum absolute atomic E-state index is 5.93. The molecule has 0 amide bonds. The largest absolute Gasteiger partial charge is 0.353 e. The summed E-state index contributed by atoms with van der Waals surface area (Å²) in [5.41, 5.74) is 7.04. The minimum atomic E-state index is 0.0943. The molecule has 66 valence electrons. The Morgan fingerprint density at radius 1 is 1.42 bits per heavy atom. The van der Waals surface area contributed by atoms with Crippen molar-refractivity contribution in [3.8, 4) is 0 Å². The molecule has 0 saturated carbocycles. The highest BCUT2D eigenvalue weighted by molar-refractivity contribution is 7.71. The third kappa shape index (κ3) is 2.16. The lowest BCUT2D eigenvalue weighted by Crippen LogP contribution is -2.16. The van der Waals surface area contributed by atoms with Crippen molar-refractivity contribution in [2.75, 3.05) is 0 Å². The minimum absolute atomic E-state index is 0.0943. The van der Waals surface area contributed by atoms with Gasteiger partial charge in [-0.15, -0.1) is 0 Å². The molecule has 3 N–H and O–H groups in total.